The predicted octanol–water partition coefficient (Wildman–Crippen LogP) is 8.56. The van der Waals surface area contributed by atoms with Gasteiger partial charge in [-0.05, 0) is 104 Å². The third-order valence-corrected chi connectivity index (χ3v) is 14.4. The van der Waals surface area contributed by atoms with Gasteiger partial charge in [0, 0.05) is 29.1 Å². The first-order chi connectivity index (χ1) is 21.5. The lowest BCUT2D eigenvalue weighted by atomic mass is 9.89. The number of rotatable bonds is 8. The largest absolute Gasteiger partial charge is 0.365 e. The van der Waals surface area contributed by atoms with Crippen molar-refractivity contribution < 1.29 is 17.2 Å². The second-order valence-corrected chi connectivity index (χ2v) is 31.2. The maximum atomic E-state index is 16.9. The van der Waals surface area contributed by atoms with Crippen molar-refractivity contribution in [3.63, 3.8) is 0 Å². The molecule has 1 aliphatic carbocycles. The van der Waals surface area contributed by atoms with Gasteiger partial charge in [-0.2, -0.15) is 0 Å². The van der Waals surface area contributed by atoms with Crippen LogP contribution in [-0.2, 0) is 16.3 Å². The molecule has 3 atom stereocenters. The molecule has 1 saturated carbocycles. The highest BCUT2D eigenvalue weighted by Gasteiger charge is 2.36. The molecule has 2 aromatic carbocycles. The van der Waals surface area contributed by atoms with Crippen molar-refractivity contribution in [3.05, 3.63) is 53.2 Å². The topological polar surface area (TPSA) is 96.9 Å². The first-order valence-corrected chi connectivity index (χ1v) is 24.7. The minimum atomic E-state index is -3.88. The quantitative estimate of drug-likeness (QED) is 0.0787. The fourth-order valence-corrected chi connectivity index (χ4v) is 9.01. The summed E-state index contributed by atoms with van der Waals surface area (Å²) in [6, 6.07) is 8.75. The van der Waals surface area contributed by atoms with Gasteiger partial charge < -0.3 is 10.6 Å². The van der Waals surface area contributed by atoms with Crippen molar-refractivity contribution in [2.45, 2.75) is 69.7 Å². The van der Waals surface area contributed by atoms with E-state index < -0.39 is 29.0 Å². The van der Waals surface area contributed by atoms with Crippen molar-refractivity contribution >= 4 is 95.2 Å². The molecule has 3 heterocycles. The molecule has 2 aromatic heterocycles. The number of sulfone groups is 1. The molecule has 45 heavy (non-hydrogen) atoms. The number of hydrogen-bond acceptors (Lipinski definition) is 8. The van der Waals surface area contributed by atoms with Crippen LogP contribution in [-0.4, -0.2) is 47.2 Å². The van der Waals surface area contributed by atoms with Gasteiger partial charge in [0.15, 0.2) is 5.82 Å². The minimum absolute atomic E-state index is 0.0206. The number of hydrogen-bond donors (Lipinski definition) is 2. The summed E-state index contributed by atoms with van der Waals surface area (Å²) in [5.74, 6) is 1.76. The Labute approximate surface area is 292 Å². The Balaban J connectivity index is 1.61. The van der Waals surface area contributed by atoms with Gasteiger partial charge in [-0.3, -0.25) is 0 Å². The molecular weight excluding hydrogens is 861 g/mol. The third kappa shape index (κ3) is 6.79. The van der Waals surface area contributed by atoms with E-state index in [1.807, 2.05) is 6.07 Å². The van der Waals surface area contributed by atoms with E-state index in [1.165, 1.54) is 24.4 Å². The van der Waals surface area contributed by atoms with E-state index in [2.05, 4.69) is 89.7 Å². The maximum absolute atomic E-state index is 16.9. The number of pyridine rings is 1. The molecular formula is C31H30F2I2N5O2PS2. The smallest absolute Gasteiger partial charge is 0.249 e. The molecule has 0 unspecified atom stereocenters. The molecule has 2 aliphatic rings. The lowest BCUT2D eigenvalue weighted by molar-refractivity contribution is 0.350. The zero-order valence-corrected chi connectivity index (χ0v) is 31.5. The molecule has 6 rings (SSSR count). The van der Waals surface area contributed by atoms with Crippen LogP contribution in [0.15, 0.2) is 35.5 Å². The Morgan fingerprint density at radius 2 is 1.91 bits per heavy atom. The van der Waals surface area contributed by atoms with E-state index in [0.29, 0.717) is 39.9 Å². The number of anilines is 1. The highest BCUT2D eigenvalue weighted by molar-refractivity contribution is 14.3. The number of aromatic nitrogens is 3. The fourth-order valence-electron chi connectivity index (χ4n) is 5.96. The SMILES string of the molecule is CC[C@H](NC1CC1)[C@H]1Nc2nc(S(=O)(=O)CC)nc3c(F)c(-c4cccc5ccc(F)c(C#CSP(I)I)c45)nc(c23)C[C@@H]1C. The molecule has 0 saturated heterocycles. The summed E-state index contributed by atoms with van der Waals surface area (Å²) < 4.78 is 58.0. The average molecular weight is 892 g/mol. The standard InChI is InChI=1S/C31H30F2I2N5O2PS2/c1-4-22(36-18-10-11-18)27-16(3)15-23-25-29(39-31(40-30(25)38-27)45(41,42)5-2)26(33)28(37-23)20-8-6-7-17-9-12-21(32)19(24(17)20)13-14-44-43(34)35/h6-9,12,16,18,22,27,36H,4-5,10-11,15H2,1-3H3,(H,38,39,40)/t16-,22-,27-/m0/s1. The Bertz CT molecular complexity index is 1990. The summed E-state index contributed by atoms with van der Waals surface area (Å²) in [6.07, 6.45) is 3.58. The van der Waals surface area contributed by atoms with Crippen molar-refractivity contribution in [1.29, 1.82) is 0 Å². The molecule has 14 heteroatoms. The van der Waals surface area contributed by atoms with E-state index >= 15 is 8.78 Å². The van der Waals surface area contributed by atoms with Crippen LogP contribution in [0.25, 0.3) is 32.9 Å². The zero-order chi connectivity index (χ0) is 32.0. The summed E-state index contributed by atoms with van der Waals surface area (Å²) in [7, 11) is -3.88. The molecule has 236 valence electrons. The molecule has 2 N–H and O–H groups in total. The second kappa shape index (κ2) is 13.6. The number of fused-ring (bicyclic) bond motifs is 1. The number of benzene rings is 2. The van der Waals surface area contributed by atoms with Gasteiger partial charge in [0.05, 0.1) is 24.8 Å². The average Bonchev–Trinajstić information content (AvgIpc) is 3.85. The van der Waals surface area contributed by atoms with Gasteiger partial charge >= 0.3 is 0 Å². The van der Waals surface area contributed by atoms with Crippen LogP contribution in [0.5, 0.6) is 0 Å². The van der Waals surface area contributed by atoms with Crippen molar-refractivity contribution in [3.8, 4) is 22.4 Å². The summed E-state index contributed by atoms with van der Waals surface area (Å²) in [6.45, 7) is 5.74. The normalized spacial score (nSPS) is 18.8. The summed E-state index contributed by atoms with van der Waals surface area (Å²) in [5, 5.41) is 11.3. The van der Waals surface area contributed by atoms with Crippen LogP contribution in [0.4, 0.5) is 14.6 Å². The molecule has 0 radical (unpaired) electrons. The van der Waals surface area contributed by atoms with Crippen LogP contribution in [0.3, 0.4) is 0 Å². The Kier molecular flexibility index (Phi) is 10.1. The summed E-state index contributed by atoms with van der Waals surface area (Å²) >= 11 is 5.99. The fraction of sp³-hybridized carbons (Fsp3) is 0.387. The number of nitrogens with zero attached hydrogens (tertiary/aromatic N) is 3. The summed E-state index contributed by atoms with van der Waals surface area (Å²) in [5.41, 5.74) is 0.960. The minimum Gasteiger partial charge on any atom is -0.365 e. The molecule has 1 aliphatic heterocycles. The van der Waals surface area contributed by atoms with Gasteiger partial charge in [0.2, 0.25) is 15.0 Å². The third-order valence-electron chi connectivity index (χ3n) is 8.37. The van der Waals surface area contributed by atoms with Gasteiger partial charge in [-0.25, -0.2) is 32.2 Å². The summed E-state index contributed by atoms with van der Waals surface area (Å²) in [4.78, 5) is 13.7. The molecule has 7 nitrogen and oxygen atoms in total. The van der Waals surface area contributed by atoms with Gasteiger partial charge in [-0.1, -0.05) is 51.0 Å². The van der Waals surface area contributed by atoms with E-state index in [0.717, 1.165) is 19.3 Å². The second-order valence-electron chi connectivity index (χ2n) is 11.4. The number of halogens is 4. The van der Waals surface area contributed by atoms with Crippen LogP contribution in [0, 0.1) is 28.7 Å². The Hall–Kier alpha value is -1.44. The van der Waals surface area contributed by atoms with E-state index in [4.69, 9.17) is 4.98 Å². The van der Waals surface area contributed by atoms with Crippen LogP contribution in [0.1, 0.15) is 51.3 Å². The van der Waals surface area contributed by atoms with Crippen molar-refractivity contribution in [2.75, 3.05) is 11.1 Å². The Morgan fingerprint density at radius 3 is 2.60 bits per heavy atom. The van der Waals surface area contributed by atoms with Gasteiger partial charge in [-0.15, -0.1) is 0 Å². The molecule has 0 amide bonds. The maximum Gasteiger partial charge on any atom is 0.249 e. The zero-order valence-electron chi connectivity index (χ0n) is 24.7. The monoisotopic (exact) mass is 891 g/mol. The molecule has 1 fully saturated rings. The van der Waals surface area contributed by atoms with Gasteiger partial charge in [0.25, 0.3) is 0 Å². The first-order valence-electron chi connectivity index (χ1n) is 14.7. The molecule has 4 aromatic rings. The molecule has 0 spiro atoms. The first kappa shape index (κ1) is 33.5. The lowest BCUT2D eigenvalue weighted by Gasteiger charge is -2.32. The number of nitrogens with one attached hydrogen (secondary N) is 2. The van der Waals surface area contributed by atoms with Crippen LogP contribution in [0.2, 0.25) is 0 Å². The van der Waals surface area contributed by atoms with Crippen LogP contribution >= 0.6 is 57.9 Å². The highest BCUT2D eigenvalue weighted by atomic mass is 127. The van der Waals surface area contributed by atoms with E-state index in [1.54, 1.807) is 18.2 Å². The van der Waals surface area contributed by atoms with Crippen molar-refractivity contribution in [1.82, 2.24) is 20.3 Å². The van der Waals surface area contributed by atoms with E-state index in [-0.39, 0.29) is 46.3 Å². The Morgan fingerprint density at radius 1 is 1.13 bits per heavy atom. The highest BCUT2D eigenvalue weighted by Crippen LogP contribution is 2.64. The lowest BCUT2D eigenvalue weighted by Crippen LogP contribution is -2.48. The van der Waals surface area contributed by atoms with Crippen LogP contribution < -0.4 is 10.6 Å². The van der Waals surface area contributed by atoms with Gasteiger partial charge in [0.1, 0.15) is 22.8 Å². The molecule has 0 bridgehead atoms. The van der Waals surface area contributed by atoms with E-state index in [9.17, 15) is 8.42 Å². The predicted molar refractivity (Wildman–Crippen MR) is 198 cm³/mol. The van der Waals surface area contributed by atoms with Crippen molar-refractivity contribution in [2.24, 2.45) is 5.92 Å².